The molecular weight excluding hydrogens is 948 g/mol. The molecule has 2 aliphatic heterocycles. The first kappa shape index (κ1) is 42.1. The van der Waals surface area contributed by atoms with Crippen molar-refractivity contribution in [3.05, 3.63) is 231 Å². The number of nitrogens with one attached hydrogen (secondary N) is 3. The molecule has 1 atom stereocenters. The predicted molar refractivity (Wildman–Crippen MR) is 283 cm³/mol. The van der Waals surface area contributed by atoms with Crippen molar-refractivity contribution in [1.82, 2.24) is 15.0 Å². The van der Waals surface area contributed by atoms with E-state index in [9.17, 15) is 0 Å². The van der Waals surface area contributed by atoms with Crippen LogP contribution in [0.5, 0.6) is 0 Å². The van der Waals surface area contributed by atoms with E-state index in [1.807, 2.05) is 36.4 Å². The number of aromatic amines is 3. The zero-order valence-corrected chi connectivity index (χ0v) is 40.2. The highest BCUT2D eigenvalue weighted by Crippen LogP contribution is 2.42. The number of fused-ring (bicyclic) bond motifs is 18. The van der Waals surface area contributed by atoms with Crippen LogP contribution in [0, 0.1) is 5.92 Å². The number of rotatable bonds is 8. The van der Waals surface area contributed by atoms with E-state index in [4.69, 9.17) is 36.6 Å². The first-order chi connectivity index (χ1) is 34.0. The fraction of sp³-hybridized carbons (Fsp3) is 0.0179. The maximum Gasteiger partial charge on any atom is 0.160 e. The lowest BCUT2D eigenvalue weighted by Gasteiger charge is -2.15. The summed E-state index contributed by atoms with van der Waals surface area (Å²) in [6, 6.07) is 58.5. The monoisotopic (exact) mass is 982 g/mol. The van der Waals surface area contributed by atoms with E-state index >= 15 is 0 Å². The third-order valence-electron chi connectivity index (χ3n) is 12.0. The van der Waals surface area contributed by atoms with Gasteiger partial charge in [-0.3, -0.25) is 0 Å². The molecule has 0 radical (unpaired) electrons. The van der Waals surface area contributed by atoms with Gasteiger partial charge in [0.15, 0.2) is 5.82 Å². The molecule has 0 spiro atoms. The lowest BCUT2D eigenvalue weighted by atomic mass is 9.95. The largest absolute Gasteiger partial charge is 0.324 e. The molecule has 1 aliphatic carbocycles. The first-order valence-corrected chi connectivity index (χ1v) is 25.8. The van der Waals surface area contributed by atoms with Crippen LogP contribution in [-0.4, -0.2) is 20.8 Å². The van der Waals surface area contributed by atoms with E-state index in [1.54, 1.807) is 47.0 Å². The number of aliphatic imine (C=N–C) groups is 1. The number of nitrogens with zero attached hydrogens (tertiary/aromatic N) is 5. The van der Waals surface area contributed by atoms with Gasteiger partial charge in [-0.2, -0.15) is 0 Å². The van der Waals surface area contributed by atoms with Gasteiger partial charge in [0, 0.05) is 77.1 Å². The van der Waals surface area contributed by atoms with Crippen LogP contribution in [-0.2, 0) is 0 Å². The van der Waals surface area contributed by atoms with Gasteiger partial charge < -0.3 is 15.0 Å². The summed E-state index contributed by atoms with van der Waals surface area (Å²) in [5.74, 6) is 2.20. The molecule has 3 N–H and O–H groups in total. The van der Waals surface area contributed by atoms with Crippen molar-refractivity contribution in [2.75, 3.05) is 0 Å². The highest BCUT2D eigenvalue weighted by Gasteiger charge is 2.30. The molecule has 0 fully saturated rings. The molecule has 0 saturated carbocycles. The molecule has 69 heavy (non-hydrogen) atoms. The molecule has 13 heteroatoms. The van der Waals surface area contributed by atoms with Crippen molar-refractivity contribution < 1.29 is 0 Å². The zero-order chi connectivity index (χ0) is 45.8. The average Bonchev–Trinajstić information content (AvgIpc) is 4.11. The number of benzene rings is 7. The van der Waals surface area contributed by atoms with Crippen molar-refractivity contribution in [3.8, 4) is 0 Å². The third-order valence-corrected chi connectivity index (χ3v) is 16.5. The van der Waals surface area contributed by atoms with Gasteiger partial charge in [-0.1, -0.05) is 144 Å². The summed E-state index contributed by atoms with van der Waals surface area (Å²) in [7, 11) is 0. The normalized spacial score (nSPS) is 15.6. The highest BCUT2D eigenvalue weighted by atomic mass is 35.5. The maximum absolute atomic E-state index is 7.50. The van der Waals surface area contributed by atoms with Gasteiger partial charge in [0.1, 0.15) is 39.4 Å². The van der Waals surface area contributed by atoms with E-state index in [2.05, 4.69) is 167 Å². The van der Waals surface area contributed by atoms with Crippen LogP contribution in [0.4, 0.5) is 11.6 Å². The van der Waals surface area contributed by atoms with Crippen molar-refractivity contribution in [1.29, 1.82) is 0 Å². The molecule has 5 heterocycles. The molecule has 8 nitrogen and oxygen atoms in total. The fourth-order valence-corrected chi connectivity index (χ4v) is 12.7. The molecule has 330 valence electrons. The molecule has 7 aromatic carbocycles. The lowest BCUT2D eigenvalue weighted by molar-refractivity contribution is 1.02. The molecule has 1 unspecified atom stereocenters. The van der Waals surface area contributed by atoms with Gasteiger partial charge >= 0.3 is 0 Å². The highest BCUT2D eigenvalue weighted by molar-refractivity contribution is 8.03. The molecule has 3 aromatic heterocycles. The Balaban J connectivity index is 1.08. The Morgan fingerprint density at radius 1 is 0.406 bits per heavy atom. The van der Waals surface area contributed by atoms with Gasteiger partial charge in [0.2, 0.25) is 0 Å². The summed E-state index contributed by atoms with van der Waals surface area (Å²) in [6.07, 6.45) is 6.50. The molecule has 13 rings (SSSR count). The zero-order valence-electron chi connectivity index (χ0n) is 36.2. The molecule has 0 saturated heterocycles. The molecule has 10 aromatic rings. The van der Waals surface area contributed by atoms with Crippen LogP contribution in [0.15, 0.2) is 264 Å². The van der Waals surface area contributed by atoms with Gasteiger partial charge in [-0.05, 0) is 103 Å². The van der Waals surface area contributed by atoms with Crippen LogP contribution in [0.2, 0.25) is 5.02 Å². The van der Waals surface area contributed by atoms with E-state index in [0.29, 0.717) is 50.3 Å². The lowest BCUT2D eigenvalue weighted by Crippen LogP contribution is -2.17. The average molecular weight is 984 g/mol. The minimum absolute atomic E-state index is 0.273. The summed E-state index contributed by atoms with van der Waals surface area (Å²) in [5.41, 5.74) is 3.43. The number of amidine groups is 1. The number of hydrogen-bond acceptors (Lipinski definition) is 9. The topological polar surface area (TPSA) is 109 Å². The Labute approximate surface area is 417 Å². The smallest absolute Gasteiger partial charge is 0.160 e. The summed E-state index contributed by atoms with van der Waals surface area (Å²) in [6.45, 7) is 0. The van der Waals surface area contributed by atoms with Crippen molar-refractivity contribution in [2.45, 2.75) is 34.3 Å². The summed E-state index contributed by atoms with van der Waals surface area (Å²) in [4.78, 5) is 46.5. The Morgan fingerprint density at radius 3 is 1.61 bits per heavy atom. The number of halogens is 1. The fourth-order valence-electron chi connectivity index (χ4n) is 8.74. The van der Waals surface area contributed by atoms with Crippen LogP contribution in [0.3, 0.4) is 0 Å². The summed E-state index contributed by atoms with van der Waals surface area (Å²) >= 11 is 14.2. The Hall–Kier alpha value is -7.06. The summed E-state index contributed by atoms with van der Waals surface area (Å²) in [5, 5.41) is 5.87. The van der Waals surface area contributed by atoms with Crippen molar-refractivity contribution >= 4 is 108 Å². The van der Waals surface area contributed by atoms with Crippen LogP contribution >= 0.6 is 58.6 Å². The van der Waals surface area contributed by atoms with Crippen LogP contribution in [0.25, 0.3) is 32.3 Å². The van der Waals surface area contributed by atoms with Gasteiger partial charge in [-0.25, -0.2) is 25.0 Å². The third kappa shape index (κ3) is 8.17. The van der Waals surface area contributed by atoms with E-state index in [-0.39, 0.29) is 5.92 Å². The maximum atomic E-state index is 7.50. The predicted octanol–water partition coefficient (Wildman–Crippen LogP) is 13.9. The minimum atomic E-state index is -0.273. The standard InChI is InChI=1S/C56H35ClN8S4/c57-48-46(69-35-19-11-4-12-20-35)28-27-42-47(48)56-64-51-41-26-23-38(68-34-17-9-3-10-18-34)31-45(41)54(62-51)60-49-39-24-21-36(66-32-13-5-1-6-14-32)29-43(39)53(58-49)59-50-40-25-22-37(67-33-15-7-2-8-16-33)30-44(40)55(61-50)63-52(42)65-56/h1-31,45,61H,(H,63,64,65)(H,58,59,60,62). The summed E-state index contributed by atoms with van der Waals surface area (Å²) < 4.78 is 0. The molecular formula is C56H35ClN8S4. The first-order valence-electron chi connectivity index (χ1n) is 22.2. The Bertz CT molecular complexity index is 4090. The Morgan fingerprint density at radius 2 is 0.942 bits per heavy atom. The quantitative estimate of drug-likeness (QED) is 0.141. The second-order valence-electron chi connectivity index (χ2n) is 16.4. The number of allylic oxidation sites excluding steroid dienone is 2. The van der Waals surface area contributed by atoms with Crippen LogP contribution in [0.1, 0.15) is 0 Å². The molecule has 3 aliphatic rings. The van der Waals surface area contributed by atoms with Gasteiger partial charge in [-0.15, -0.1) is 0 Å². The van der Waals surface area contributed by atoms with Crippen LogP contribution < -0.4 is 22.0 Å². The van der Waals surface area contributed by atoms with Gasteiger partial charge in [0.05, 0.1) is 10.9 Å². The number of aromatic nitrogens is 3. The van der Waals surface area contributed by atoms with E-state index < -0.39 is 0 Å². The minimum Gasteiger partial charge on any atom is -0.324 e. The van der Waals surface area contributed by atoms with E-state index in [1.165, 1.54) is 0 Å². The second-order valence-corrected chi connectivity index (χ2v) is 21.4. The van der Waals surface area contributed by atoms with Crippen molar-refractivity contribution in [2.24, 2.45) is 30.9 Å². The van der Waals surface area contributed by atoms with E-state index in [0.717, 1.165) is 77.1 Å². The Kier molecular flexibility index (Phi) is 10.8. The number of thioether (sulfide) groups is 1. The van der Waals surface area contributed by atoms with Crippen molar-refractivity contribution in [3.63, 3.8) is 0 Å². The number of hydrogen-bond donors (Lipinski definition) is 3. The second kappa shape index (κ2) is 17.8. The number of H-pyrrole nitrogens is 3. The molecule has 0 amide bonds. The molecule has 8 bridgehead atoms. The van der Waals surface area contributed by atoms with Gasteiger partial charge in [0.25, 0.3) is 0 Å². The SMILES string of the molecule is Clc1c(Sc2ccccc2)ccc2c3[nH]c(c12)=NC1=C2C=CC(Sc4ccccc4)=CC2C(=N1)N=c1[nH]/c(c2cc(Sc4ccccc4)ccc12)=N\c1[nH]c(c2cc(Sc4ccccc4)ccc12)N=3.